The molecule has 2 unspecified atom stereocenters. The summed E-state index contributed by atoms with van der Waals surface area (Å²) in [5.41, 5.74) is 4.44. The Morgan fingerprint density at radius 1 is 0.454 bits per heavy atom. The molecule has 0 aromatic heterocycles. The van der Waals surface area contributed by atoms with E-state index in [1.807, 2.05) is 172 Å². The van der Waals surface area contributed by atoms with Crippen LogP contribution in [0.25, 0.3) is 0 Å². The van der Waals surface area contributed by atoms with E-state index in [1.54, 1.807) is 60.6 Å². The highest BCUT2D eigenvalue weighted by atomic mass is 32.2. The molecule has 0 radical (unpaired) electrons. The van der Waals surface area contributed by atoms with Crippen LogP contribution in [0.5, 0.6) is 0 Å². The van der Waals surface area contributed by atoms with Crippen LogP contribution in [0.3, 0.4) is 0 Å². The fraction of sp³-hybridized carbons (Fsp3) is 0.763. The number of aromatic carboxylic acids is 1. The van der Waals surface area contributed by atoms with E-state index in [4.69, 9.17) is 54.4 Å². The fourth-order valence-corrected chi connectivity index (χ4v) is 5.49. The van der Waals surface area contributed by atoms with Gasteiger partial charge in [-0.1, -0.05) is 243 Å². The summed E-state index contributed by atoms with van der Waals surface area (Å²) in [7, 11) is -0.384. The summed E-state index contributed by atoms with van der Waals surface area (Å²) in [5.74, 6) is -3.34. The van der Waals surface area contributed by atoms with Gasteiger partial charge in [0.05, 0.1) is 45.3 Å². The van der Waals surface area contributed by atoms with Gasteiger partial charge in [-0.2, -0.15) is 8.42 Å². The van der Waals surface area contributed by atoms with Crippen molar-refractivity contribution >= 4 is 69.5 Å². The smallest absolute Gasteiger partial charge is 0.335 e. The van der Waals surface area contributed by atoms with E-state index in [0.29, 0.717) is 44.0 Å². The van der Waals surface area contributed by atoms with Gasteiger partial charge in [-0.15, -0.1) is 0 Å². The zero-order valence-electron chi connectivity index (χ0n) is 70.0. The van der Waals surface area contributed by atoms with Gasteiger partial charge in [0.1, 0.15) is 45.2 Å². The molecule has 2 atom stereocenters. The standard InChI is InChI=1S/C13H18O2.C12H20O5.C11H14O2.C10H21NO2.C9H19NO4S.C8H16O3.C6H13NO.C6H12O2.C4H10O.14CH4/c1-4-13(2,3)12(14)15-10-11-8-6-5-7-9-11;1-5-12(3,4)11(15)17-7-6-16-10(14)8-9(2)13;1-3-8(2)9-4-6-10(7-5-9)11(12)13;1-6-10(2,3)9(12)13-8-7-11(4)5;1-6-8(2,3)7(11)10-9(4,5)15(12,13)14;1-4-8(2,3)7(10)11-6-5-9;2*1-4-6(2,3)5(7)8;1-3-4(2)5;;;;;;;;;;;;;;/h5-9H,4,10H2,1-3H3;5-8H2,1-4H3;4-8H,3H2,1-2H3,(H,12,13);6-8H2,1-5H3;6H2,1-5H3,(H,10,11)(H,12,13,14);9H,4-6H2,1-3H3;4H2,1-3H3,(H2,7,8);4H2,1-3H3,(H,7,8);4-5H,3H2,1-2H3;14*1H4. The van der Waals surface area contributed by atoms with E-state index in [1.165, 1.54) is 26.3 Å². The van der Waals surface area contributed by atoms with Crippen molar-refractivity contribution in [3.63, 3.8) is 0 Å². The summed E-state index contributed by atoms with van der Waals surface area (Å²) in [5, 5.41) is 36.2. The van der Waals surface area contributed by atoms with Crippen molar-refractivity contribution in [1.82, 2.24) is 10.2 Å². The van der Waals surface area contributed by atoms with Gasteiger partial charge >= 0.3 is 41.8 Å². The van der Waals surface area contributed by atoms with E-state index in [0.717, 1.165) is 50.6 Å². The first kappa shape index (κ1) is 167. The molecule has 2 aromatic carbocycles. The molecule has 0 aliphatic heterocycles. The van der Waals surface area contributed by atoms with Gasteiger partial charge in [-0.3, -0.25) is 47.7 Å². The zero-order valence-corrected chi connectivity index (χ0v) is 70.8. The second-order valence-corrected chi connectivity index (χ2v) is 32.3. The lowest BCUT2D eigenvalue weighted by Gasteiger charge is -2.29. The molecule has 0 fully saturated rings. The van der Waals surface area contributed by atoms with Crippen LogP contribution in [-0.4, -0.2) is 162 Å². The lowest BCUT2D eigenvalue weighted by molar-refractivity contribution is -0.159. The number of nitrogens with one attached hydrogen (secondary N) is 1. The van der Waals surface area contributed by atoms with Gasteiger partial charge in [0.15, 0.2) is 4.87 Å². The molecule has 0 bridgehead atoms. The zero-order chi connectivity index (χ0) is 84.4. The predicted octanol–water partition coefficient (Wildman–Crippen LogP) is 23.3. The number of esters is 5. The first-order valence-electron chi connectivity index (χ1n) is 36.1. The number of ether oxygens (including phenoxy) is 5. The minimum Gasteiger partial charge on any atom is -0.481 e. The summed E-state index contributed by atoms with van der Waals surface area (Å²) in [6, 6.07) is 16.8. The Bertz CT molecular complexity index is 2900. The quantitative estimate of drug-likeness (QED) is 0.0118. The highest BCUT2D eigenvalue weighted by Gasteiger charge is 2.38. The maximum Gasteiger partial charge on any atom is 0.335 e. The maximum absolute atomic E-state index is 11.7. The molecule has 0 aliphatic rings. The number of hydrogen-bond donors (Lipinski definition) is 7. The molecular formula is C93H199N3O22S. The van der Waals surface area contributed by atoms with Crippen molar-refractivity contribution in [1.29, 1.82) is 0 Å². The molecule has 2 aromatic rings. The summed E-state index contributed by atoms with van der Waals surface area (Å²) < 4.78 is 55.6. The van der Waals surface area contributed by atoms with Gasteiger partial charge in [0.25, 0.3) is 10.1 Å². The van der Waals surface area contributed by atoms with E-state index < -0.39 is 60.5 Å². The Morgan fingerprint density at radius 3 is 1.01 bits per heavy atom. The number of aliphatic carboxylic acids is 1. The minimum absolute atomic E-state index is 0. The number of Topliss-reactive ketones (excluding diaryl/α,β-unsaturated/α-hetero) is 1. The second kappa shape index (κ2) is 83.4. The van der Waals surface area contributed by atoms with Crippen LogP contribution in [0.2, 0.25) is 0 Å². The number of ketones is 1. The SMILES string of the molecule is C.C.C.C.C.C.C.C.C.C.C.C.C.C.CCC(C)(C)C(=O)NC(C)(C)S(=O)(=O)O.CCC(C)(C)C(=O)O.CCC(C)(C)C(=O)OCCN(C)C.CCC(C)(C)C(=O)OCCO.CCC(C)(C)C(=O)OCCOC(=O)CC(C)=O.CCC(C)(C)C(=O)OCc1ccccc1.CCC(C)(C)C(N)=O.CCC(C)O.CCC(C)c1ccc(C(=O)O)cc1. The Kier molecular flexibility index (Phi) is 117. The van der Waals surface area contributed by atoms with Gasteiger partial charge in [0.2, 0.25) is 11.8 Å². The van der Waals surface area contributed by atoms with Crippen LogP contribution in [-0.2, 0) is 83.6 Å². The van der Waals surface area contributed by atoms with Gasteiger partial charge in [0, 0.05) is 17.4 Å². The fourth-order valence-electron chi connectivity index (χ4n) is 5.27. The normalized spacial score (nSPS) is 10.5. The molecular weight excluding hydrogens is 1540 g/mol. The number of carbonyl (C=O) groups is 10. The topological polar surface area (TPSA) is 393 Å². The number of nitrogens with zero attached hydrogens (tertiary/aromatic N) is 1. The third-order valence-corrected chi connectivity index (χ3v) is 18.9. The van der Waals surface area contributed by atoms with E-state index >= 15 is 0 Å². The minimum atomic E-state index is -4.30. The number of primary amides is 1. The molecule has 25 nitrogen and oxygen atoms in total. The Labute approximate surface area is 735 Å². The summed E-state index contributed by atoms with van der Waals surface area (Å²) in [4.78, 5) is 111. The molecule has 0 spiro atoms. The maximum atomic E-state index is 11.7. The van der Waals surface area contributed by atoms with E-state index in [2.05, 4.69) is 19.2 Å². The molecule has 0 saturated heterocycles. The van der Waals surface area contributed by atoms with Crippen LogP contribution in [0.15, 0.2) is 54.6 Å². The molecule has 0 saturated carbocycles. The number of carboxylic acids is 2. The third-order valence-electron chi connectivity index (χ3n) is 17.5. The molecule has 26 heteroatoms. The Hall–Kier alpha value is -6.87. The van der Waals surface area contributed by atoms with Crippen LogP contribution in [0, 0.1) is 37.9 Å². The average molecular weight is 1740 g/mol. The largest absolute Gasteiger partial charge is 0.481 e. The molecule has 119 heavy (non-hydrogen) atoms. The first-order valence-corrected chi connectivity index (χ1v) is 37.6. The third kappa shape index (κ3) is 83.2. The van der Waals surface area contributed by atoms with Gasteiger partial charge in [-0.05, 0) is 198 Å². The monoisotopic (exact) mass is 1740 g/mol. The van der Waals surface area contributed by atoms with Crippen molar-refractivity contribution in [3.05, 3.63) is 71.3 Å². The molecule has 2 amide bonds. The van der Waals surface area contributed by atoms with Crippen LogP contribution < -0.4 is 11.1 Å². The molecule has 8 N–H and O–H groups in total. The lowest BCUT2D eigenvalue weighted by Crippen LogP contribution is -2.53. The first-order chi connectivity index (χ1) is 47.7. The van der Waals surface area contributed by atoms with Gasteiger partial charge < -0.3 is 60.1 Å². The highest BCUT2D eigenvalue weighted by molar-refractivity contribution is 7.87. The summed E-state index contributed by atoms with van der Waals surface area (Å²) in [6.07, 6.45) is 6.68. The number of aliphatic hydroxyl groups is 2. The number of benzene rings is 2. The second-order valence-electron chi connectivity index (χ2n) is 30.4. The number of amides is 2. The molecule has 0 heterocycles. The lowest BCUT2D eigenvalue weighted by atomic mass is 9.89. The number of carboxylic acid groups (broad SMARTS) is 2. The molecule has 2 rings (SSSR count). The number of likely N-dealkylation sites (N-methyl/N-ethyl adjacent to an activating group) is 1. The van der Waals surface area contributed by atoms with Crippen LogP contribution in [0.4, 0.5) is 0 Å². The highest BCUT2D eigenvalue weighted by Crippen LogP contribution is 2.26. The van der Waals surface area contributed by atoms with Crippen molar-refractivity contribution in [2.24, 2.45) is 43.6 Å². The van der Waals surface area contributed by atoms with Crippen LogP contribution >= 0.6 is 0 Å². The van der Waals surface area contributed by atoms with Crippen molar-refractivity contribution in [2.45, 2.75) is 386 Å². The van der Waals surface area contributed by atoms with Crippen molar-refractivity contribution < 1.29 is 105 Å². The van der Waals surface area contributed by atoms with E-state index in [-0.39, 0.29) is 195 Å². The van der Waals surface area contributed by atoms with Crippen molar-refractivity contribution in [3.8, 4) is 0 Å². The number of nitrogens with two attached hydrogens (primary N) is 1. The van der Waals surface area contributed by atoms with Gasteiger partial charge in [-0.25, -0.2) is 4.79 Å². The summed E-state index contributed by atoms with van der Waals surface area (Å²) >= 11 is 0. The molecule has 0 aliphatic carbocycles. The molecule has 724 valence electrons. The number of rotatable bonds is 32. The number of carbonyl (C=O) groups excluding carboxylic acids is 8. The summed E-state index contributed by atoms with van der Waals surface area (Å²) in [6.45, 7) is 52.3. The van der Waals surface area contributed by atoms with Crippen molar-refractivity contribution in [2.75, 3.05) is 53.7 Å². The number of aliphatic hydroxyl groups excluding tert-OH is 2. The number of hydrogen-bond acceptors (Lipinski definition) is 20. The Balaban J connectivity index is -0.0000000477. The Morgan fingerprint density at radius 2 is 0.765 bits per heavy atom. The predicted molar refractivity (Wildman–Crippen MR) is 508 cm³/mol. The average Bonchev–Trinajstić information content (AvgIpc) is 0.815. The van der Waals surface area contributed by atoms with Crippen LogP contribution in [0.1, 0.15) is 389 Å². The van der Waals surface area contributed by atoms with E-state index in [9.17, 15) is 56.4 Å².